The van der Waals surface area contributed by atoms with Crippen molar-refractivity contribution in [1.29, 1.82) is 0 Å². The van der Waals surface area contributed by atoms with Crippen LogP contribution < -0.4 is 0 Å². The Balaban J connectivity index is 1.60. The van der Waals surface area contributed by atoms with Gasteiger partial charge < -0.3 is 5.11 Å². The summed E-state index contributed by atoms with van der Waals surface area (Å²) in [5.74, 6) is 6.48. The first kappa shape index (κ1) is 24.0. The van der Waals surface area contributed by atoms with E-state index in [-0.39, 0.29) is 24.6 Å². The van der Waals surface area contributed by atoms with Crippen molar-refractivity contribution in [2.24, 2.45) is 0 Å². The summed E-state index contributed by atoms with van der Waals surface area (Å²) in [6, 6.07) is 15.6. The normalized spacial score (nSPS) is 24.0. The van der Waals surface area contributed by atoms with E-state index in [0.29, 0.717) is 18.0 Å². The molecule has 0 spiro atoms. The first-order chi connectivity index (χ1) is 16.0. The minimum atomic E-state index is -3.58. The van der Waals surface area contributed by atoms with Gasteiger partial charge >= 0.3 is 0 Å². The van der Waals surface area contributed by atoms with Gasteiger partial charge in [-0.1, -0.05) is 49.1 Å². The highest BCUT2D eigenvalue weighted by Crippen LogP contribution is 2.42. The largest absolute Gasteiger partial charge is 0.395 e. The number of hydrogen-bond donors (Lipinski definition) is 1. The predicted molar refractivity (Wildman–Crippen MR) is 132 cm³/mol. The maximum atomic E-state index is 13.6. The van der Waals surface area contributed by atoms with Gasteiger partial charge in [0.05, 0.1) is 11.5 Å². The number of aryl methyl sites for hydroxylation is 1. The summed E-state index contributed by atoms with van der Waals surface area (Å²) in [5, 5.41) is 10.2. The van der Waals surface area contributed by atoms with Gasteiger partial charge in [0.1, 0.15) is 0 Å². The number of nitrogens with zero attached hydrogens (tertiary/aromatic N) is 2. The average molecular weight is 467 g/mol. The quantitative estimate of drug-likeness (QED) is 0.682. The van der Waals surface area contributed by atoms with Crippen LogP contribution in [0.5, 0.6) is 0 Å². The summed E-state index contributed by atoms with van der Waals surface area (Å²) in [6.45, 7) is 5.91. The molecule has 2 aromatic carbocycles. The Bertz CT molecular complexity index is 1120. The Morgan fingerprint density at radius 2 is 1.79 bits per heavy atom. The zero-order chi connectivity index (χ0) is 23.4. The van der Waals surface area contributed by atoms with Gasteiger partial charge in [-0.15, -0.1) is 0 Å². The van der Waals surface area contributed by atoms with Crippen molar-refractivity contribution in [2.45, 2.75) is 62.4 Å². The van der Waals surface area contributed by atoms with Crippen LogP contribution in [-0.4, -0.2) is 61.1 Å². The molecule has 33 heavy (non-hydrogen) atoms. The molecular formula is C27H34N2O3S. The third-order valence-corrected chi connectivity index (χ3v) is 8.97. The average Bonchev–Trinajstić information content (AvgIpc) is 2.79. The number of unbranched alkanes of at least 4 members (excludes halogenated alkanes) is 1. The van der Waals surface area contributed by atoms with Gasteiger partial charge in [-0.3, -0.25) is 4.90 Å². The number of aliphatic hydroxyl groups is 1. The Morgan fingerprint density at radius 1 is 1.06 bits per heavy atom. The zero-order valence-electron chi connectivity index (χ0n) is 19.6. The summed E-state index contributed by atoms with van der Waals surface area (Å²) in [7, 11) is -3.58. The molecule has 2 fully saturated rings. The van der Waals surface area contributed by atoms with Crippen LogP contribution in [0.4, 0.5) is 0 Å². The van der Waals surface area contributed by atoms with Gasteiger partial charge in [-0.25, -0.2) is 8.42 Å². The van der Waals surface area contributed by atoms with E-state index in [2.05, 4.69) is 35.8 Å². The lowest BCUT2D eigenvalue weighted by Gasteiger charge is -2.57. The van der Waals surface area contributed by atoms with E-state index in [9.17, 15) is 13.5 Å². The second kappa shape index (κ2) is 10.4. The fourth-order valence-electron chi connectivity index (χ4n) is 5.19. The van der Waals surface area contributed by atoms with Crippen molar-refractivity contribution in [3.05, 3.63) is 65.2 Å². The van der Waals surface area contributed by atoms with Gasteiger partial charge in [0.25, 0.3) is 0 Å². The molecule has 0 unspecified atom stereocenters. The molecule has 2 aliphatic rings. The fraction of sp³-hybridized carbons (Fsp3) is 0.481. The van der Waals surface area contributed by atoms with Crippen molar-refractivity contribution in [3.8, 4) is 11.8 Å². The van der Waals surface area contributed by atoms with Crippen molar-refractivity contribution in [2.75, 3.05) is 26.2 Å². The monoisotopic (exact) mass is 466 g/mol. The molecule has 0 saturated carbocycles. The third kappa shape index (κ3) is 4.88. The third-order valence-electron chi connectivity index (χ3n) is 6.95. The molecule has 2 heterocycles. The van der Waals surface area contributed by atoms with Crippen molar-refractivity contribution < 1.29 is 13.5 Å². The summed E-state index contributed by atoms with van der Waals surface area (Å²) in [5.41, 5.74) is 2.91. The molecule has 0 radical (unpaired) electrons. The Labute approximate surface area is 198 Å². The van der Waals surface area contributed by atoms with Gasteiger partial charge in [0, 0.05) is 43.1 Å². The first-order valence-electron chi connectivity index (χ1n) is 12.0. The maximum absolute atomic E-state index is 13.6. The first-order valence-corrected chi connectivity index (χ1v) is 13.4. The molecule has 176 valence electrons. The molecule has 4 rings (SSSR count). The summed E-state index contributed by atoms with van der Waals surface area (Å²) >= 11 is 0. The smallest absolute Gasteiger partial charge is 0.243 e. The van der Waals surface area contributed by atoms with E-state index in [1.54, 1.807) is 16.4 Å². The maximum Gasteiger partial charge on any atom is 0.243 e. The molecule has 2 aromatic rings. The second-order valence-corrected chi connectivity index (χ2v) is 11.0. The molecule has 3 atom stereocenters. The van der Waals surface area contributed by atoms with Crippen LogP contribution in [0.25, 0.3) is 0 Å². The summed E-state index contributed by atoms with van der Waals surface area (Å²) in [6.07, 6.45) is 3.68. The van der Waals surface area contributed by atoms with E-state index in [4.69, 9.17) is 0 Å². The zero-order valence-corrected chi connectivity index (χ0v) is 20.4. The minimum absolute atomic E-state index is 0.0214. The summed E-state index contributed by atoms with van der Waals surface area (Å²) in [4.78, 5) is 2.70. The Kier molecular flexibility index (Phi) is 7.55. The number of hydrogen-bond acceptors (Lipinski definition) is 4. The van der Waals surface area contributed by atoms with Crippen molar-refractivity contribution in [3.63, 3.8) is 0 Å². The van der Waals surface area contributed by atoms with Crippen LogP contribution >= 0.6 is 0 Å². The van der Waals surface area contributed by atoms with Gasteiger partial charge in [0.2, 0.25) is 10.0 Å². The Hall–Kier alpha value is -2.17. The van der Waals surface area contributed by atoms with E-state index < -0.39 is 10.0 Å². The lowest BCUT2D eigenvalue weighted by Crippen LogP contribution is -2.67. The van der Waals surface area contributed by atoms with E-state index in [1.165, 1.54) is 0 Å². The molecule has 0 amide bonds. The predicted octanol–water partition coefficient (Wildman–Crippen LogP) is 3.76. The molecule has 0 aliphatic carbocycles. The van der Waals surface area contributed by atoms with Crippen LogP contribution in [0, 0.1) is 18.8 Å². The minimum Gasteiger partial charge on any atom is -0.395 e. The lowest BCUT2D eigenvalue weighted by molar-refractivity contribution is -0.0553. The SMILES string of the molecule is CCCC#Cc1ccc([C@@H]2[C@@H](CO)N3CCCCN(S(=O)(=O)c4ccccc4C)C[C@@H]23)cc1. The standard InChI is InChI=1S/C27H34N2O3S/c1-3-4-5-11-22-13-15-23(16-14-22)27-24-19-28(17-8-9-18-29(24)25(27)20-30)33(31,32)26-12-7-6-10-21(26)2/h6-7,10,12-16,24-25,27,30H,3-4,8-9,17-20H2,1-2H3/t24-,25+,27-/m0/s1. The number of sulfonamides is 1. The molecule has 6 heteroatoms. The highest BCUT2D eigenvalue weighted by Gasteiger charge is 2.50. The highest BCUT2D eigenvalue weighted by atomic mass is 32.2. The summed E-state index contributed by atoms with van der Waals surface area (Å²) < 4.78 is 28.8. The van der Waals surface area contributed by atoms with Crippen LogP contribution in [0.1, 0.15) is 55.2 Å². The van der Waals surface area contributed by atoms with Crippen LogP contribution in [-0.2, 0) is 10.0 Å². The molecule has 5 nitrogen and oxygen atoms in total. The molecule has 2 saturated heterocycles. The fourth-order valence-corrected chi connectivity index (χ4v) is 6.91. The topological polar surface area (TPSA) is 60.9 Å². The van der Waals surface area contributed by atoms with Crippen LogP contribution in [0.2, 0.25) is 0 Å². The van der Waals surface area contributed by atoms with Gasteiger partial charge in [0.15, 0.2) is 0 Å². The molecule has 0 aromatic heterocycles. The second-order valence-electron chi connectivity index (χ2n) is 9.09. The van der Waals surface area contributed by atoms with Gasteiger partial charge in [-0.05, 0) is 62.1 Å². The molecular weight excluding hydrogens is 432 g/mol. The molecule has 2 aliphatic heterocycles. The van der Waals surface area contributed by atoms with E-state index in [1.807, 2.05) is 31.2 Å². The van der Waals surface area contributed by atoms with Crippen LogP contribution in [0.15, 0.2) is 53.4 Å². The lowest BCUT2D eigenvalue weighted by atomic mass is 9.74. The van der Waals surface area contributed by atoms with Crippen molar-refractivity contribution in [1.82, 2.24) is 9.21 Å². The molecule has 1 N–H and O–H groups in total. The van der Waals surface area contributed by atoms with Crippen LogP contribution in [0.3, 0.4) is 0 Å². The molecule has 0 bridgehead atoms. The number of benzene rings is 2. The highest BCUT2D eigenvalue weighted by molar-refractivity contribution is 7.89. The van der Waals surface area contributed by atoms with Gasteiger partial charge in [-0.2, -0.15) is 4.31 Å². The Morgan fingerprint density at radius 3 is 2.48 bits per heavy atom. The number of aliphatic hydroxyl groups excluding tert-OH is 1. The number of fused-ring (bicyclic) bond motifs is 1. The number of rotatable bonds is 5. The van der Waals surface area contributed by atoms with E-state index >= 15 is 0 Å². The van der Waals surface area contributed by atoms with E-state index in [0.717, 1.165) is 48.9 Å². The van der Waals surface area contributed by atoms with Crippen molar-refractivity contribution >= 4 is 10.0 Å².